The minimum absolute atomic E-state index is 0.330. The van der Waals surface area contributed by atoms with Gasteiger partial charge in [0.15, 0.2) is 0 Å². The highest BCUT2D eigenvalue weighted by Gasteiger charge is 2.21. The second kappa shape index (κ2) is 5.55. The Kier molecular flexibility index (Phi) is 4.08. The van der Waals surface area contributed by atoms with E-state index in [2.05, 4.69) is 4.90 Å². The second-order valence-corrected chi connectivity index (χ2v) is 4.75. The van der Waals surface area contributed by atoms with E-state index >= 15 is 0 Å². The average molecular weight is 240 g/mol. The molecule has 2 rings (SSSR count). The van der Waals surface area contributed by atoms with Crippen molar-refractivity contribution in [1.29, 1.82) is 0 Å². The summed E-state index contributed by atoms with van der Waals surface area (Å²) in [5.41, 5.74) is 1.25. The van der Waals surface area contributed by atoms with Crippen molar-refractivity contribution in [1.82, 2.24) is 4.90 Å². The normalized spacial score (nSPS) is 22.2. The monoisotopic (exact) mass is 239 g/mol. The summed E-state index contributed by atoms with van der Waals surface area (Å²) in [6.45, 7) is 2.08. The molecule has 1 aliphatic heterocycles. The molecule has 0 aromatic heterocycles. The van der Waals surface area contributed by atoms with Crippen LogP contribution in [0, 0.1) is 0 Å². The van der Waals surface area contributed by atoms with Crippen molar-refractivity contribution in [2.24, 2.45) is 0 Å². The van der Waals surface area contributed by atoms with Gasteiger partial charge in [0.05, 0.1) is 0 Å². The third-order valence-corrected chi connectivity index (χ3v) is 3.61. The third kappa shape index (κ3) is 2.89. The zero-order valence-corrected chi connectivity index (χ0v) is 10.2. The zero-order chi connectivity index (χ0) is 11.4. The van der Waals surface area contributed by atoms with E-state index < -0.39 is 0 Å². The van der Waals surface area contributed by atoms with Crippen LogP contribution in [0.3, 0.4) is 0 Å². The first-order valence-corrected chi connectivity index (χ1v) is 6.41. The van der Waals surface area contributed by atoms with Gasteiger partial charge in [-0.05, 0) is 37.1 Å². The van der Waals surface area contributed by atoms with Gasteiger partial charge in [-0.2, -0.15) is 0 Å². The molecule has 88 valence electrons. The van der Waals surface area contributed by atoms with Crippen LogP contribution < -0.4 is 0 Å². The molecule has 2 nitrogen and oxygen atoms in total. The van der Waals surface area contributed by atoms with Crippen molar-refractivity contribution in [2.75, 3.05) is 12.4 Å². The number of benzene rings is 1. The van der Waals surface area contributed by atoms with Crippen LogP contribution >= 0.6 is 11.6 Å². The molecule has 16 heavy (non-hydrogen) atoms. The molecule has 1 unspecified atom stereocenters. The Hall–Kier alpha value is -0.730. The van der Waals surface area contributed by atoms with Crippen LogP contribution in [0.2, 0.25) is 0 Å². The van der Waals surface area contributed by atoms with Gasteiger partial charge in [-0.3, -0.25) is 4.90 Å². The summed E-state index contributed by atoms with van der Waals surface area (Å²) in [6, 6.07) is 7.97. The van der Waals surface area contributed by atoms with Crippen molar-refractivity contribution in [3.05, 3.63) is 29.8 Å². The van der Waals surface area contributed by atoms with Crippen molar-refractivity contribution in [2.45, 2.75) is 31.8 Å². The highest BCUT2D eigenvalue weighted by molar-refractivity contribution is 6.18. The largest absolute Gasteiger partial charge is 0.508 e. The molecule has 1 N–H and O–H groups in total. The number of hydrogen-bond acceptors (Lipinski definition) is 2. The summed E-state index contributed by atoms with van der Waals surface area (Å²) in [4.78, 5) is 2.45. The molecule has 0 aliphatic carbocycles. The molecular weight excluding hydrogens is 222 g/mol. The van der Waals surface area contributed by atoms with E-state index in [-0.39, 0.29) is 0 Å². The predicted molar refractivity (Wildman–Crippen MR) is 66.9 cm³/mol. The summed E-state index contributed by atoms with van der Waals surface area (Å²) in [6.07, 6.45) is 3.77. The summed E-state index contributed by atoms with van der Waals surface area (Å²) in [5, 5.41) is 9.23. The Labute approximate surface area is 102 Å². The zero-order valence-electron chi connectivity index (χ0n) is 9.40. The number of nitrogens with zero attached hydrogens (tertiary/aromatic N) is 1. The highest BCUT2D eigenvalue weighted by atomic mass is 35.5. The molecule has 1 saturated heterocycles. The minimum atomic E-state index is 0.330. The van der Waals surface area contributed by atoms with E-state index in [4.69, 9.17) is 11.6 Å². The molecule has 0 radical (unpaired) electrons. The maximum Gasteiger partial charge on any atom is 0.115 e. The van der Waals surface area contributed by atoms with E-state index in [1.165, 1.54) is 24.8 Å². The van der Waals surface area contributed by atoms with Gasteiger partial charge in [-0.15, -0.1) is 11.6 Å². The molecule has 1 fully saturated rings. The lowest BCUT2D eigenvalue weighted by molar-refractivity contribution is 0.155. The average Bonchev–Trinajstić information content (AvgIpc) is 2.33. The molecule has 1 aromatic rings. The summed E-state index contributed by atoms with van der Waals surface area (Å²) >= 11 is 5.98. The van der Waals surface area contributed by atoms with Crippen LogP contribution in [0.25, 0.3) is 0 Å². The summed E-state index contributed by atoms with van der Waals surface area (Å²) in [5.74, 6) is 1.05. The Balaban J connectivity index is 1.99. The topological polar surface area (TPSA) is 23.5 Å². The fourth-order valence-corrected chi connectivity index (χ4v) is 2.63. The molecule has 1 aliphatic rings. The van der Waals surface area contributed by atoms with Crippen LogP contribution in [0.15, 0.2) is 24.3 Å². The molecule has 1 aromatic carbocycles. The lowest BCUT2D eigenvalue weighted by Crippen LogP contribution is -2.40. The maximum atomic E-state index is 9.23. The van der Waals surface area contributed by atoms with Gasteiger partial charge in [0.1, 0.15) is 5.75 Å². The molecule has 0 spiro atoms. The SMILES string of the molecule is Oc1ccc(CN2CCCCC2CCl)cc1. The first-order valence-electron chi connectivity index (χ1n) is 5.87. The number of halogens is 1. The number of phenolic OH excluding ortho intramolecular Hbond substituents is 1. The molecule has 3 heteroatoms. The summed E-state index contributed by atoms with van der Waals surface area (Å²) in [7, 11) is 0. The molecule has 1 atom stereocenters. The minimum Gasteiger partial charge on any atom is -0.508 e. The van der Waals surface area contributed by atoms with Gasteiger partial charge < -0.3 is 5.11 Å². The molecule has 1 heterocycles. The highest BCUT2D eigenvalue weighted by Crippen LogP contribution is 2.21. The smallest absolute Gasteiger partial charge is 0.115 e. The molecule has 0 saturated carbocycles. The van der Waals surface area contributed by atoms with Crippen LogP contribution in [0.5, 0.6) is 5.75 Å². The van der Waals surface area contributed by atoms with E-state index in [0.717, 1.165) is 19.0 Å². The number of piperidine rings is 1. The Bertz CT molecular complexity index is 325. The number of phenols is 1. The number of alkyl halides is 1. The number of hydrogen-bond donors (Lipinski definition) is 1. The van der Waals surface area contributed by atoms with Crippen LogP contribution in [-0.4, -0.2) is 28.5 Å². The van der Waals surface area contributed by atoms with E-state index in [9.17, 15) is 5.11 Å². The van der Waals surface area contributed by atoms with E-state index in [1.54, 1.807) is 12.1 Å². The first-order chi connectivity index (χ1) is 7.79. The van der Waals surface area contributed by atoms with Crippen LogP contribution in [0.1, 0.15) is 24.8 Å². The van der Waals surface area contributed by atoms with Gasteiger partial charge in [-0.1, -0.05) is 18.6 Å². The Morgan fingerprint density at radius 1 is 1.25 bits per heavy atom. The summed E-state index contributed by atoms with van der Waals surface area (Å²) < 4.78 is 0. The Morgan fingerprint density at radius 2 is 2.00 bits per heavy atom. The molecular formula is C13H18ClNO. The van der Waals surface area contributed by atoms with E-state index in [0.29, 0.717) is 11.8 Å². The van der Waals surface area contributed by atoms with Gasteiger partial charge in [0.25, 0.3) is 0 Å². The standard InChI is InChI=1S/C13H18ClNO/c14-9-12-3-1-2-8-15(12)10-11-4-6-13(16)7-5-11/h4-7,12,16H,1-3,8-10H2. The number of likely N-dealkylation sites (tertiary alicyclic amines) is 1. The molecule has 0 amide bonds. The lowest BCUT2D eigenvalue weighted by Gasteiger charge is -2.34. The van der Waals surface area contributed by atoms with Crippen LogP contribution in [-0.2, 0) is 6.54 Å². The van der Waals surface area contributed by atoms with Crippen molar-refractivity contribution < 1.29 is 5.11 Å². The maximum absolute atomic E-state index is 9.23. The lowest BCUT2D eigenvalue weighted by atomic mass is 10.0. The second-order valence-electron chi connectivity index (χ2n) is 4.44. The van der Waals surface area contributed by atoms with Crippen molar-refractivity contribution in [3.63, 3.8) is 0 Å². The van der Waals surface area contributed by atoms with Crippen molar-refractivity contribution >= 4 is 11.6 Å². The number of rotatable bonds is 3. The predicted octanol–water partition coefficient (Wildman–Crippen LogP) is 2.99. The van der Waals surface area contributed by atoms with Gasteiger partial charge >= 0.3 is 0 Å². The molecule has 0 bridgehead atoms. The van der Waals surface area contributed by atoms with E-state index in [1.807, 2.05) is 12.1 Å². The fourth-order valence-electron chi connectivity index (χ4n) is 2.28. The Morgan fingerprint density at radius 3 is 2.69 bits per heavy atom. The van der Waals surface area contributed by atoms with Crippen molar-refractivity contribution in [3.8, 4) is 5.75 Å². The first kappa shape index (κ1) is 11.7. The van der Waals surface area contributed by atoms with Gasteiger partial charge in [-0.25, -0.2) is 0 Å². The number of aromatic hydroxyl groups is 1. The van der Waals surface area contributed by atoms with Gasteiger partial charge in [0, 0.05) is 18.5 Å². The van der Waals surface area contributed by atoms with Gasteiger partial charge in [0.2, 0.25) is 0 Å². The quantitative estimate of drug-likeness (QED) is 0.820. The third-order valence-electron chi connectivity index (χ3n) is 3.25. The fraction of sp³-hybridized carbons (Fsp3) is 0.538. The van der Waals surface area contributed by atoms with Crippen LogP contribution in [0.4, 0.5) is 0 Å².